The number of benzene rings is 1. The van der Waals surface area contributed by atoms with Crippen LogP contribution in [0.25, 0.3) is 0 Å². The molecular weight excluding hydrogens is 220 g/mol. The summed E-state index contributed by atoms with van der Waals surface area (Å²) in [5.74, 6) is -2.86. The number of hydrogen-bond acceptors (Lipinski definition) is 3. The monoisotopic (exact) mass is 231 g/mol. The molecule has 1 aromatic rings. The number of hydrogen-bond donors (Lipinski definition) is 2. The second-order valence-corrected chi connectivity index (χ2v) is 3.07. The van der Waals surface area contributed by atoms with E-state index in [2.05, 4.69) is 5.32 Å². The van der Waals surface area contributed by atoms with E-state index in [1.165, 1.54) is 7.05 Å². The molecule has 0 fully saturated rings. The van der Waals surface area contributed by atoms with Crippen molar-refractivity contribution in [1.29, 1.82) is 0 Å². The first-order chi connectivity index (χ1) is 7.54. The number of nitrogens with one attached hydrogen (secondary N) is 1. The lowest BCUT2D eigenvalue weighted by Crippen LogP contribution is -2.39. The Morgan fingerprint density at radius 1 is 1.56 bits per heavy atom. The summed E-state index contributed by atoms with van der Waals surface area (Å²) in [5.41, 5.74) is 0. The normalized spacial score (nSPS) is 12.2. The Kier molecular flexibility index (Phi) is 4.19. The molecule has 0 heterocycles. The zero-order valence-corrected chi connectivity index (χ0v) is 8.54. The van der Waals surface area contributed by atoms with Gasteiger partial charge in [-0.3, -0.25) is 4.79 Å². The zero-order chi connectivity index (χ0) is 12.1. The van der Waals surface area contributed by atoms with Crippen molar-refractivity contribution in [3.8, 4) is 5.75 Å². The van der Waals surface area contributed by atoms with Crippen molar-refractivity contribution in [1.82, 2.24) is 5.32 Å². The van der Waals surface area contributed by atoms with E-state index in [9.17, 15) is 13.6 Å². The van der Waals surface area contributed by atoms with E-state index in [1.54, 1.807) is 0 Å². The summed E-state index contributed by atoms with van der Waals surface area (Å²) in [6.45, 7) is -0.242. The van der Waals surface area contributed by atoms with Crippen LogP contribution in [0.5, 0.6) is 5.75 Å². The van der Waals surface area contributed by atoms with Crippen molar-refractivity contribution in [2.75, 3.05) is 13.7 Å². The molecule has 1 unspecified atom stereocenters. The molecule has 0 aromatic heterocycles. The molecule has 0 aliphatic rings. The van der Waals surface area contributed by atoms with Gasteiger partial charge in [0, 0.05) is 6.07 Å². The summed E-state index contributed by atoms with van der Waals surface area (Å²) < 4.78 is 30.5. The van der Waals surface area contributed by atoms with E-state index in [0.29, 0.717) is 6.07 Å². The van der Waals surface area contributed by atoms with Gasteiger partial charge < -0.3 is 15.2 Å². The summed E-state index contributed by atoms with van der Waals surface area (Å²) in [5, 5.41) is 11.1. The summed E-state index contributed by atoms with van der Waals surface area (Å²) in [6.07, 6.45) is 0. The van der Waals surface area contributed by atoms with E-state index in [0.717, 1.165) is 12.1 Å². The molecule has 4 nitrogen and oxygen atoms in total. The Labute approximate surface area is 90.8 Å². The third-order valence-electron chi connectivity index (χ3n) is 1.95. The zero-order valence-electron chi connectivity index (χ0n) is 8.54. The standard InChI is InChI=1S/C10H11F2NO3/c1-13-8(10(14)15)5-16-9-3-2-6(11)4-7(9)12/h2-4,8,13H,5H2,1H3,(H,14,15). The summed E-state index contributed by atoms with van der Waals surface area (Å²) in [4.78, 5) is 10.6. The highest BCUT2D eigenvalue weighted by Crippen LogP contribution is 2.17. The summed E-state index contributed by atoms with van der Waals surface area (Å²) in [7, 11) is 1.45. The first-order valence-corrected chi connectivity index (χ1v) is 4.52. The van der Waals surface area contributed by atoms with Crippen molar-refractivity contribution in [2.24, 2.45) is 0 Å². The molecule has 0 spiro atoms. The van der Waals surface area contributed by atoms with Gasteiger partial charge in [0.15, 0.2) is 11.6 Å². The Hall–Kier alpha value is -1.69. The molecule has 0 saturated carbocycles. The molecule has 1 atom stereocenters. The van der Waals surface area contributed by atoms with Crippen LogP contribution in [0.4, 0.5) is 8.78 Å². The van der Waals surface area contributed by atoms with Gasteiger partial charge in [0.2, 0.25) is 0 Å². The van der Waals surface area contributed by atoms with Crippen molar-refractivity contribution < 1.29 is 23.4 Å². The van der Waals surface area contributed by atoms with Gasteiger partial charge in [-0.15, -0.1) is 0 Å². The van der Waals surface area contributed by atoms with Gasteiger partial charge in [0.25, 0.3) is 0 Å². The highest BCUT2D eigenvalue weighted by atomic mass is 19.1. The fourth-order valence-corrected chi connectivity index (χ4v) is 1.04. The van der Waals surface area contributed by atoms with Crippen molar-refractivity contribution in [2.45, 2.75) is 6.04 Å². The minimum absolute atomic E-state index is 0.178. The third kappa shape index (κ3) is 3.16. The van der Waals surface area contributed by atoms with Crippen LogP contribution < -0.4 is 10.1 Å². The first-order valence-electron chi connectivity index (χ1n) is 4.52. The second kappa shape index (κ2) is 5.41. The maximum Gasteiger partial charge on any atom is 0.324 e. The summed E-state index contributed by atoms with van der Waals surface area (Å²) >= 11 is 0. The molecular formula is C10H11F2NO3. The molecule has 1 rings (SSSR count). The first kappa shape index (κ1) is 12.4. The van der Waals surface area contributed by atoms with Crippen LogP contribution in [0.3, 0.4) is 0 Å². The molecule has 0 radical (unpaired) electrons. The van der Waals surface area contributed by atoms with Crippen LogP contribution in [0.15, 0.2) is 18.2 Å². The Bertz CT molecular complexity index is 384. The van der Waals surface area contributed by atoms with Crippen molar-refractivity contribution in [3.05, 3.63) is 29.8 Å². The lowest BCUT2D eigenvalue weighted by molar-refractivity contribution is -0.140. The highest BCUT2D eigenvalue weighted by molar-refractivity contribution is 5.73. The van der Waals surface area contributed by atoms with E-state index in [1.807, 2.05) is 0 Å². The lowest BCUT2D eigenvalue weighted by atomic mass is 10.3. The number of carboxylic acid groups (broad SMARTS) is 1. The number of aliphatic carboxylic acids is 1. The SMILES string of the molecule is CNC(COc1ccc(F)cc1F)C(=O)O. The minimum Gasteiger partial charge on any atom is -0.488 e. The van der Waals surface area contributed by atoms with Gasteiger partial charge >= 0.3 is 5.97 Å². The minimum atomic E-state index is -1.11. The Morgan fingerprint density at radius 2 is 2.25 bits per heavy atom. The van der Waals surface area contributed by atoms with Gasteiger partial charge in [-0.05, 0) is 19.2 Å². The van der Waals surface area contributed by atoms with Gasteiger partial charge in [0.1, 0.15) is 18.5 Å². The van der Waals surface area contributed by atoms with Crippen LogP contribution in [-0.2, 0) is 4.79 Å². The molecule has 6 heteroatoms. The predicted molar refractivity (Wildman–Crippen MR) is 52.3 cm³/mol. The number of likely N-dealkylation sites (N-methyl/N-ethyl adjacent to an activating group) is 1. The molecule has 1 aromatic carbocycles. The Morgan fingerprint density at radius 3 is 2.75 bits per heavy atom. The number of carboxylic acids is 1. The van der Waals surface area contributed by atoms with Crippen LogP contribution in [-0.4, -0.2) is 30.8 Å². The molecule has 16 heavy (non-hydrogen) atoms. The van der Waals surface area contributed by atoms with E-state index in [-0.39, 0.29) is 12.4 Å². The Balaban J connectivity index is 2.63. The van der Waals surface area contributed by atoms with Crippen LogP contribution in [0.1, 0.15) is 0 Å². The smallest absolute Gasteiger partial charge is 0.324 e. The van der Waals surface area contributed by atoms with E-state index < -0.39 is 23.6 Å². The molecule has 0 aliphatic carbocycles. The second-order valence-electron chi connectivity index (χ2n) is 3.07. The van der Waals surface area contributed by atoms with Crippen LogP contribution in [0, 0.1) is 11.6 Å². The number of halogens is 2. The molecule has 0 bridgehead atoms. The van der Waals surface area contributed by atoms with E-state index in [4.69, 9.17) is 9.84 Å². The molecule has 0 aliphatic heterocycles. The van der Waals surface area contributed by atoms with Crippen molar-refractivity contribution >= 4 is 5.97 Å². The maximum absolute atomic E-state index is 13.1. The fraction of sp³-hybridized carbons (Fsp3) is 0.300. The molecule has 88 valence electrons. The average molecular weight is 231 g/mol. The molecule has 0 saturated heterocycles. The van der Waals surface area contributed by atoms with Gasteiger partial charge in [0.05, 0.1) is 0 Å². The topological polar surface area (TPSA) is 58.6 Å². The van der Waals surface area contributed by atoms with Gasteiger partial charge in [-0.1, -0.05) is 0 Å². The number of carbonyl (C=O) groups is 1. The molecule has 2 N–H and O–H groups in total. The third-order valence-corrected chi connectivity index (χ3v) is 1.95. The van der Waals surface area contributed by atoms with Gasteiger partial charge in [-0.2, -0.15) is 0 Å². The van der Waals surface area contributed by atoms with Crippen LogP contribution >= 0.6 is 0 Å². The number of rotatable bonds is 5. The lowest BCUT2D eigenvalue weighted by Gasteiger charge is -2.12. The average Bonchev–Trinajstić information content (AvgIpc) is 2.21. The highest BCUT2D eigenvalue weighted by Gasteiger charge is 2.16. The van der Waals surface area contributed by atoms with Crippen LogP contribution in [0.2, 0.25) is 0 Å². The van der Waals surface area contributed by atoms with Gasteiger partial charge in [-0.25, -0.2) is 8.78 Å². The quantitative estimate of drug-likeness (QED) is 0.794. The van der Waals surface area contributed by atoms with E-state index >= 15 is 0 Å². The fourth-order valence-electron chi connectivity index (χ4n) is 1.04. The maximum atomic E-state index is 13.1. The predicted octanol–water partition coefficient (Wildman–Crippen LogP) is 1.02. The summed E-state index contributed by atoms with van der Waals surface area (Å²) in [6, 6.07) is 1.88. The van der Waals surface area contributed by atoms with Crippen molar-refractivity contribution in [3.63, 3.8) is 0 Å². The largest absolute Gasteiger partial charge is 0.488 e. The molecule has 0 amide bonds. The number of ether oxygens (including phenoxy) is 1.